The molecular formula is C15H20IN3. The van der Waals surface area contributed by atoms with Crippen LogP contribution in [0.25, 0.3) is 0 Å². The lowest BCUT2D eigenvalue weighted by Crippen LogP contribution is -2.24. The van der Waals surface area contributed by atoms with E-state index in [9.17, 15) is 0 Å². The zero-order valence-electron chi connectivity index (χ0n) is 11.4. The molecule has 2 rings (SSSR count). The number of halogens is 1. The molecule has 1 aromatic heterocycles. The molecule has 0 fully saturated rings. The molecule has 0 saturated carbocycles. The molecular weight excluding hydrogens is 349 g/mol. The lowest BCUT2D eigenvalue weighted by molar-refractivity contribution is 0.529. The van der Waals surface area contributed by atoms with E-state index in [4.69, 9.17) is 0 Å². The first-order valence-electron chi connectivity index (χ1n) is 6.65. The van der Waals surface area contributed by atoms with Gasteiger partial charge in [-0.25, -0.2) is 0 Å². The Kier molecular flexibility index (Phi) is 5.39. The number of aryl methyl sites for hydroxylation is 1. The van der Waals surface area contributed by atoms with Gasteiger partial charge in [-0.3, -0.25) is 4.68 Å². The molecule has 0 aliphatic rings. The van der Waals surface area contributed by atoms with Gasteiger partial charge >= 0.3 is 0 Å². The smallest absolute Gasteiger partial charge is 0.0522 e. The quantitative estimate of drug-likeness (QED) is 0.792. The Morgan fingerprint density at radius 1 is 1.32 bits per heavy atom. The van der Waals surface area contributed by atoms with E-state index in [1.54, 1.807) is 0 Å². The summed E-state index contributed by atoms with van der Waals surface area (Å²) in [6.45, 7) is 3.24. The van der Waals surface area contributed by atoms with E-state index in [-0.39, 0.29) is 0 Å². The topological polar surface area (TPSA) is 29.9 Å². The summed E-state index contributed by atoms with van der Waals surface area (Å²) >= 11 is 2.34. The molecule has 0 bridgehead atoms. The third kappa shape index (κ3) is 4.31. The molecule has 0 amide bonds. The average Bonchev–Trinajstić information content (AvgIpc) is 2.81. The van der Waals surface area contributed by atoms with Gasteiger partial charge in [-0.15, -0.1) is 0 Å². The Hall–Kier alpha value is -0.880. The van der Waals surface area contributed by atoms with Gasteiger partial charge in [-0.2, -0.15) is 5.10 Å². The van der Waals surface area contributed by atoms with Gasteiger partial charge in [0, 0.05) is 22.9 Å². The fraction of sp³-hybridized carbons (Fsp3) is 0.400. The van der Waals surface area contributed by atoms with Gasteiger partial charge in [-0.1, -0.05) is 19.1 Å². The van der Waals surface area contributed by atoms with Crippen LogP contribution in [0.5, 0.6) is 0 Å². The summed E-state index contributed by atoms with van der Waals surface area (Å²) in [6, 6.07) is 9.12. The highest BCUT2D eigenvalue weighted by Gasteiger charge is 2.12. The summed E-state index contributed by atoms with van der Waals surface area (Å²) in [5.41, 5.74) is 2.62. The van der Waals surface area contributed by atoms with Gasteiger partial charge in [0.2, 0.25) is 0 Å². The van der Waals surface area contributed by atoms with Crippen molar-refractivity contribution in [3.8, 4) is 0 Å². The first-order valence-corrected chi connectivity index (χ1v) is 7.73. The third-order valence-corrected chi connectivity index (χ3v) is 3.83. The van der Waals surface area contributed by atoms with Crippen LogP contribution in [0.15, 0.2) is 36.7 Å². The second-order valence-corrected chi connectivity index (χ2v) is 6.03. The lowest BCUT2D eigenvalue weighted by atomic mass is 10.0. The Balaban J connectivity index is 2.13. The monoisotopic (exact) mass is 369 g/mol. The SMILES string of the molecule is CCCNC(Cc1cnn(C)c1)c1ccc(I)cc1. The van der Waals surface area contributed by atoms with E-state index in [1.165, 1.54) is 14.7 Å². The van der Waals surface area contributed by atoms with Gasteiger partial charge in [0.15, 0.2) is 0 Å². The van der Waals surface area contributed by atoms with Crippen molar-refractivity contribution in [1.82, 2.24) is 15.1 Å². The molecule has 102 valence electrons. The minimum Gasteiger partial charge on any atom is -0.310 e. The van der Waals surface area contributed by atoms with Gasteiger partial charge in [-0.05, 0) is 65.2 Å². The van der Waals surface area contributed by atoms with Crippen molar-refractivity contribution in [3.05, 3.63) is 51.4 Å². The Labute approximate surface area is 128 Å². The van der Waals surface area contributed by atoms with E-state index in [0.717, 1.165) is 19.4 Å². The zero-order chi connectivity index (χ0) is 13.7. The normalized spacial score (nSPS) is 12.6. The van der Waals surface area contributed by atoms with Crippen molar-refractivity contribution in [3.63, 3.8) is 0 Å². The Morgan fingerprint density at radius 3 is 2.63 bits per heavy atom. The van der Waals surface area contributed by atoms with E-state index in [1.807, 2.05) is 17.9 Å². The second kappa shape index (κ2) is 7.05. The molecule has 0 saturated heterocycles. The van der Waals surface area contributed by atoms with Crippen LogP contribution in [0.1, 0.15) is 30.5 Å². The fourth-order valence-corrected chi connectivity index (χ4v) is 2.49. The maximum atomic E-state index is 4.25. The lowest BCUT2D eigenvalue weighted by Gasteiger charge is -2.18. The van der Waals surface area contributed by atoms with Crippen molar-refractivity contribution < 1.29 is 0 Å². The van der Waals surface area contributed by atoms with Crippen molar-refractivity contribution in [2.24, 2.45) is 7.05 Å². The molecule has 0 aliphatic carbocycles. The zero-order valence-corrected chi connectivity index (χ0v) is 13.6. The van der Waals surface area contributed by atoms with Crippen molar-refractivity contribution in [2.45, 2.75) is 25.8 Å². The van der Waals surface area contributed by atoms with Gasteiger partial charge in [0.25, 0.3) is 0 Å². The number of rotatable bonds is 6. The van der Waals surface area contributed by atoms with Crippen LogP contribution in [0.3, 0.4) is 0 Å². The summed E-state index contributed by atoms with van der Waals surface area (Å²) in [7, 11) is 1.96. The van der Waals surface area contributed by atoms with Crippen molar-refractivity contribution >= 4 is 22.6 Å². The van der Waals surface area contributed by atoms with E-state index < -0.39 is 0 Å². The van der Waals surface area contributed by atoms with Crippen LogP contribution >= 0.6 is 22.6 Å². The first-order chi connectivity index (χ1) is 9.19. The molecule has 0 radical (unpaired) electrons. The largest absolute Gasteiger partial charge is 0.310 e. The van der Waals surface area contributed by atoms with Crippen LogP contribution in [0.2, 0.25) is 0 Å². The predicted molar refractivity (Wildman–Crippen MR) is 87.1 cm³/mol. The maximum Gasteiger partial charge on any atom is 0.0522 e. The van der Waals surface area contributed by atoms with E-state index in [2.05, 4.69) is 70.4 Å². The standard InChI is InChI=1S/C15H20IN3/c1-3-8-17-15(9-12-10-18-19(2)11-12)13-4-6-14(16)7-5-13/h4-7,10-11,15,17H,3,8-9H2,1-2H3. The molecule has 1 N–H and O–H groups in total. The highest BCUT2D eigenvalue weighted by atomic mass is 127. The minimum atomic E-state index is 0.362. The van der Waals surface area contributed by atoms with Crippen LogP contribution in [0, 0.1) is 3.57 Å². The van der Waals surface area contributed by atoms with E-state index >= 15 is 0 Å². The Bertz CT molecular complexity index is 504. The van der Waals surface area contributed by atoms with Crippen LogP contribution in [-0.4, -0.2) is 16.3 Å². The molecule has 1 unspecified atom stereocenters. The molecule has 2 aromatic rings. The second-order valence-electron chi connectivity index (χ2n) is 4.78. The number of aromatic nitrogens is 2. The van der Waals surface area contributed by atoms with E-state index in [0.29, 0.717) is 6.04 Å². The molecule has 1 heterocycles. The van der Waals surface area contributed by atoms with Gasteiger partial charge < -0.3 is 5.32 Å². The number of nitrogens with one attached hydrogen (secondary N) is 1. The first kappa shape index (κ1) is 14.5. The summed E-state index contributed by atoms with van der Waals surface area (Å²) in [6.07, 6.45) is 6.17. The summed E-state index contributed by atoms with van der Waals surface area (Å²) in [5.74, 6) is 0. The maximum absolute atomic E-state index is 4.25. The van der Waals surface area contributed by atoms with Gasteiger partial charge in [0.05, 0.1) is 6.20 Å². The average molecular weight is 369 g/mol. The predicted octanol–water partition coefficient (Wildman–Crippen LogP) is 3.31. The molecule has 3 nitrogen and oxygen atoms in total. The summed E-state index contributed by atoms with van der Waals surface area (Å²) in [5, 5.41) is 7.87. The highest BCUT2D eigenvalue weighted by Crippen LogP contribution is 2.19. The molecule has 0 aliphatic heterocycles. The molecule has 1 atom stereocenters. The molecule has 4 heteroatoms. The highest BCUT2D eigenvalue weighted by molar-refractivity contribution is 14.1. The minimum absolute atomic E-state index is 0.362. The third-order valence-electron chi connectivity index (χ3n) is 3.11. The van der Waals surface area contributed by atoms with Crippen LogP contribution in [0.4, 0.5) is 0 Å². The van der Waals surface area contributed by atoms with Gasteiger partial charge in [0.1, 0.15) is 0 Å². The summed E-state index contributed by atoms with van der Waals surface area (Å²) in [4.78, 5) is 0. The Morgan fingerprint density at radius 2 is 2.05 bits per heavy atom. The number of benzene rings is 1. The summed E-state index contributed by atoms with van der Waals surface area (Å²) < 4.78 is 3.14. The van der Waals surface area contributed by atoms with Crippen molar-refractivity contribution in [2.75, 3.05) is 6.54 Å². The number of nitrogens with zero attached hydrogens (tertiary/aromatic N) is 2. The number of hydrogen-bond donors (Lipinski definition) is 1. The molecule has 0 spiro atoms. The number of hydrogen-bond acceptors (Lipinski definition) is 2. The van der Waals surface area contributed by atoms with Crippen LogP contribution < -0.4 is 5.32 Å². The molecule has 19 heavy (non-hydrogen) atoms. The fourth-order valence-electron chi connectivity index (χ4n) is 2.13. The molecule has 1 aromatic carbocycles. The van der Waals surface area contributed by atoms with Crippen LogP contribution in [-0.2, 0) is 13.5 Å². The van der Waals surface area contributed by atoms with Crippen molar-refractivity contribution in [1.29, 1.82) is 0 Å².